The third-order valence-corrected chi connectivity index (χ3v) is 9.83. The molecule has 2 aliphatic heterocycles. The number of halogens is 1. The number of hydrogen-bond acceptors (Lipinski definition) is 6. The standard InChI is InChI=1S/C36H49FN5O3P/c1-10-44-46(45-11-2)28-14-12-16-32(39-23-28)40-20-21-41(36(7,8)25-40)33(43)17-13-15-29-30(27-19-18-26(3)31(37)22-27)24-42(34(29)38-9)35(4,5)6/h12-15,18-19,22-24H,9-11,16-17,20-21,25H2,1-8H3/b15-13-. The van der Waals surface area contributed by atoms with Gasteiger partial charge in [-0.05, 0) is 79.3 Å². The molecule has 2 aliphatic rings. The van der Waals surface area contributed by atoms with Crippen molar-refractivity contribution in [3.8, 4) is 11.1 Å². The van der Waals surface area contributed by atoms with Gasteiger partial charge in [0.1, 0.15) is 17.5 Å². The molecule has 0 unspecified atom stereocenters. The second-order valence-electron chi connectivity index (χ2n) is 13.1. The summed E-state index contributed by atoms with van der Waals surface area (Å²) in [6.45, 7) is 23.1. The quantitative estimate of drug-likeness (QED) is 0.191. The lowest BCUT2D eigenvalue weighted by Crippen LogP contribution is -2.62. The zero-order valence-electron chi connectivity index (χ0n) is 28.6. The molecular formula is C36H49FN5O3P. The van der Waals surface area contributed by atoms with Crippen molar-refractivity contribution in [1.29, 1.82) is 0 Å². The summed E-state index contributed by atoms with van der Waals surface area (Å²) in [7, 11) is -1.15. The van der Waals surface area contributed by atoms with Crippen molar-refractivity contribution in [1.82, 2.24) is 14.4 Å². The van der Waals surface area contributed by atoms with Crippen LogP contribution in [-0.4, -0.2) is 71.2 Å². The van der Waals surface area contributed by atoms with Crippen molar-refractivity contribution in [2.24, 2.45) is 9.98 Å². The second kappa shape index (κ2) is 15.0. The van der Waals surface area contributed by atoms with Crippen LogP contribution >= 0.6 is 8.38 Å². The third-order valence-electron chi connectivity index (χ3n) is 8.16. The molecule has 8 nitrogen and oxygen atoms in total. The predicted molar refractivity (Wildman–Crippen MR) is 189 cm³/mol. The zero-order valence-corrected chi connectivity index (χ0v) is 29.5. The van der Waals surface area contributed by atoms with E-state index in [-0.39, 0.29) is 23.7 Å². The van der Waals surface area contributed by atoms with Crippen LogP contribution in [0, 0.1) is 12.7 Å². The zero-order chi connectivity index (χ0) is 33.6. The largest absolute Gasteiger partial charge is 0.356 e. The fraction of sp³-hybridized carbons (Fsp3) is 0.472. The van der Waals surface area contributed by atoms with Crippen molar-refractivity contribution in [3.05, 3.63) is 71.1 Å². The first-order valence-corrected chi connectivity index (χ1v) is 17.2. The molecule has 0 aliphatic carbocycles. The van der Waals surface area contributed by atoms with Crippen LogP contribution in [0.15, 0.2) is 64.1 Å². The van der Waals surface area contributed by atoms with E-state index in [0.29, 0.717) is 50.7 Å². The molecule has 1 saturated heterocycles. The SMILES string of the molecule is C=Nc1c(/C=C\CC(=O)N2CCN(C3=NC=C(P(OCC)OCC)C=CC3)CC2(C)C)c(-c2ccc(C)c(F)c2)cn1C(C)(C)C. The van der Waals surface area contributed by atoms with Gasteiger partial charge in [-0.1, -0.05) is 36.4 Å². The summed E-state index contributed by atoms with van der Waals surface area (Å²) in [4.78, 5) is 27.1. The number of carbonyl (C=O) groups excluding carboxylic acids is 1. The molecule has 1 aromatic heterocycles. The van der Waals surface area contributed by atoms with E-state index >= 15 is 0 Å². The first-order valence-electron chi connectivity index (χ1n) is 16.0. The van der Waals surface area contributed by atoms with Crippen LogP contribution in [0.3, 0.4) is 0 Å². The van der Waals surface area contributed by atoms with Gasteiger partial charge in [0.05, 0.1) is 18.8 Å². The van der Waals surface area contributed by atoms with Crippen LogP contribution in [0.2, 0.25) is 0 Å². The molecule has 1 aromatic carbocycles. The Labute approximate surface area is 275 Å². The lowest BCUT2D eigenvalue weighted by molar-refractivity contribution is -0.138. The summed E-state index contributed by atoms with van der Waals surface area (Å²) < 4.78 is 28.3. The number of aromatic nitrogens is 1. The summed E-state index contributed by atoms with van der Waals surface area (Å²) in [5, 5.41) is 0.955. The number of hydrogen-bond donors (Lipinski definition) is 0. The Morgan fingerprint density at radius 2 is 1.91 bits per heavy atom. The lowest BCUT2D eigenvalue weighted by atomic mass is 9.97. The molecule has 0 saturated carbocycles. The third kappa shape index (κ3) is 8.11. The van der Waals surface area contributed by atoms with E-state index in [1.807, 2.05) is 49.4 Å². The number of piperazine rings is 1. The fourth-order valence-corrected chi connectivity index (χ4v) is 7.04. The number of allylic oxidation sites excluding steroid dienone is 2. The van der Waals surface area contributed by atoms with E-state index in [9.17, 15) is 9.18 Å². The Bertz CT molecular complexity index is 1540. The number of rotatable bonds is 10. The van der Waals surface area contributed by atoms with E-state index in [1.165, 1.54) is 0 Å². The van der Waals surface area contributed by atoms with Crippen LogP contribution in [-0.2, 0) is 19.4 Å². The van der Waals surface area contributed by atoms with Gasteiger partial charge in [-0.2, -0.15) is 0 Å². The molecule has 1 fully saturated rings. The molecular weight excluding hydrogens is 600 g/mol. The Hall–Kier alpha value is -3.39. The fourth-order valence-electron chi connectivity index (χ4n) is 5.82. The van der Waals surface area contributed by atoms with Gasteiger partial charge in [-0.3, -0.25) is 4.79 Å². The van der Waals surface area contributed by atoms with Gasteiger partial charge in [0, 0.05) is 66.9 Å². The normalized spacial score (nSPS) is 17.0. The van der Waals surface area contributed by atoms with Gasteiger partial charge in [0.2, 0.25) is 14.3 Å². The molecule has 0 N–H and O–H groups in total. The van der Waals surface area contributed by atoms with Gasteiger partial charge in [-0.15, -0.1) is 0 Å². The Morgan fingerprint density at radius 3 is 2.52 bits per heavy atom. The van der Waals surface area contributed by atoms with E-state index in [4.69, 9.17) is 14.0 Å². The van der Waals surface area contributed by atoms with E-state index < -0.39 is 13.9 Å². The van der Waals surface area contributed by atoms with Crippen molar-refractivity contribution in [2.45, 2.75) is 79.3 Å². The van der Waals surface area contributed by atoms with Crippen LogP contribution < -0.4 is 0 Å². The number of amides is 1. The molecule has 46 heavy (non-hydrogen) atoms. The summed E-state index contributed by atoms with van der Waals surface area (Å²) in [5.74, 6) is 1.45. The smallest absolute Gasteiger partial charge is 0.226 e. The molecule has 248 valence electrons. The highest BCUT2D eigenvalue weighted by molar-refractivity contribution is 7.52. The molecule has 3 heterocycles. The Balaban J connectivity index is 1.51. The minimum atomic E-state index is -1.15. The highest BCUT2D eigenvalue weighted by Gasteiger charge is 2.37. The van der Waals surface area contributed by atoms with E-state index in [0.717, 1.165) is 27.8 Å². The van der Waals surface area contributed by atoms with Gasteiger partial charge in [0.25, 0.3) is 0 Å². The van der Waals surface area contributed by atoms with Crippen molar-refractivity contribution >= 4 is 38.7 Å². The predicted octanol–water partition coefficient (Wildman–Crippen LogP) is 8.60. The molecule has 4 rings (SSSR count). The van der Waals surface area contributed by atoms with Crippen LogP contribution in [0.4, 0.5) is 10.2 Å². The highest BCUT2D eigenvalue weighted by Crippen LogP contribution is 2.48. The average Bonchev–Trinajstić information content (AvgIpc) is 3.19. The van der Waals surface area contributed by atoms with Crippen LogP contribution in [0.5, 0.6) is 0 Å². The Kier molecular flexibility index (Phi) is 11.6. The summed E-state index contributed by atoms with van der Waals surface area (Å²) in [6.07, 6.45) is 12.8. The number of nitrogens with zero attached hydrogens (tertiary/aromatic N) is 5. The summed E-state index contributed by atoms with van der Waals surface area (Å²) >= 11 is 0. The second-order valence-corrected chi connectivity index (χ2v) is 14.7. The van der Waals surface area contributed by atoms with Crippen molar-refractivity contribution in [3.63, 3.8) is 0 Å². The first kappa shape index (κ1) is 35.5. The van der Waals surface area contributed by atoms with Gasteiger partial charge < -0.3 is 23.4 Å². The van der Waals surface area contributed by atoms with Gasteiger partial charge in [0.15, 0.2) is 0 Å². The lowest BCUT2D eigenvalue weighted by Gasteiger charge is -2.48. The molecule has 0 bridgehead atoms. The average molecular weight is 650 g/mol. The molecule has 10 heteroatoms. The molecule has 0 radical (unpaired) electrons. The maximum absolute atomic E-state index is 14.6. The van der Waals surface area contributed by atoms with Gasteiger partial charge >= 0.3 is 0 Å². The minimum Gasteiger partial charge on any atom is -0.356 e. The number of carbonyl (C=O) groups is 1. The van der Waals surface area contributed by atoms with Crippen LogP contribution in [0.1, 0.15) is 72.4 Å². The monoisotopic (exact) mass is 649 g/mol. The van der Waals surface area contributed by atoms with E-state index in [2.05, 4.69) is 67.9 Å². The highest BCUT2D eigenvalue weighted by atomic mass is 31.2. The topological polar surface area (TPSA) is 71.7 Å². The summed E-state index contributed by atoms with van der Waals surface area (Å²) in [6, 6.07) is 5.25. The molecule has 0 atom stereocenters. The first-order chi connectivity index (χ1) is 21.8. The molecule has 2 aromatic rings. The number of aryl methyl sites for hydroxylation is 1. The van der Waals surface area contributed by atoms with E-state index in [1.54, 1.807) is 19.1 Å². The van der Waals surface area contributed by atoms with Gasteiger partial charge in [-0.25, -0.2) is 14.4 Å². The number of amidine groups is 1. The van der Waals surface area contributed by atoms with Crippen molar-refractivity contribution in [2.75, 3.05) is 32.8 Å². The summed E-state index contributed by atoms with van der Waals surface area (Å²) in [5.41, 5.74) is 2.33. The number of benzene rings is 1. The molecule has 1 amide bonds. The Morgan fingerprint density at radius 1 is 1.20 bits per heavy atom. The van der Waals surface area contributed by atoms with Crippen LogP contribution in [0.25, 0.3) is 17.2 Å². The minimum absolute atomic E-state index is 0.0520. The molecule has 0 spiro atoms. The maximum atomic E-state index is 14.6. The maximum Gasteiger partial charge on any atom is 0.226 e. The number of aliphatic imine (C=N–C) groups is 2. The van der Waals surface area contributed by atoms with Crippen molar-refractivity contribution < 1.29 is 18.2 Å².